The van der Waals surface area contributed by atoms with Crippen LogP contribution < -0.4 is 10.1 Å². The Morgan fingerprint density at radius 2 is 1.77 bits per heavy atom. The Morgan fingerprint density at radius 3 is 2.26 bits per heavy atom. The molecule has 2 N–H and O–H groups in total. The van der Waals surface area contributed by atoms with E-state index in [1.165, 1.54) is 24.3 Å². The molecule has 1 aliphatic rings. The number of rotatable bonds is 5. The maximum absolute atomic E-state index is 13.1. The van der Waals surface area contributed by atoms with Crippen LogP contribution in [0.4, 0.5) is 26.3 Å². The maximum atomic E-state index is 13.1. The van der Waals surface area contributed by atoms with Crippen molar-refractivity contribution in [1.29, 1.82) is 0 Å². The third-order valence-electron chi connectivity index (χ3n) is 5.09. The van der Waals surface area contributed by atoms with E-state index in [1.54, 1.807) is 0 Å². The van der Waals surface area contributed by atoms with E-state index in [4.69, 9.17) is 16.3 Å². The van der Waals surface area contributed by atoms with Crippen LogP contribution in [0, 0.1) is 5.92 Å². The summed E-state index contributed by atoms with van der Waals surface area (Å²) in [6, 6.07) is 8.18. The summed E-state index contributed by atoms with van der Waals surface area (Å²) in [5.41, 5.74) is -2.02. The Balaban J connectivity index is 1.82. The molecule has 4 nitrogen and oxygen atoms in total. The van der Waals surface area contributed by atoms with Gasteiger partial charge in [0.2, 0.25) is 0 Å². The molecule has 0 radical (unpaired) electrons. The molecule has 1 heterocycles. The van der Waals surface area contributed by atoms with Gasteiger partial charge in [0.25, 0.3) is 0 Å². The van der Waals surface area contributed by atoms with Gasteiger partial charge in [0, 0.05) is 6.54 Å². The minimum atomic E-state index is -4.56. The largest absolute Gasteiger partial charge is 0.481 e. The summed E-state index contributed by atoms with van der Waals surface area (Å²) >= 11 is 5.85. The highest BCUT2D eigenvalue weighted by molar-refractivity contribution is 6.32. The summed E-state index contributed by atoms with van der Waals surface area (Å²) in [7, 11) is 0. The number of alkyl halides is 6. The monoisotopic (exact) mass is 467 g/mol. The average Bonchev–Trinajstić information content (AvgIpc) is 3.08. The van der Waals surface area contributed by atoms with E-state index >= 15 is 0 Å². The molecule has 2 aromatic rings. The molecule has 11 heteroatoms. The lowest BCUT2D eigenvalue weighted by Gasteiger charge is -2.29. The molecule has 0 saturated carbocycles. The van der Waals surface area contributed by atoms with E-state index in [9.17, 15) is 36.2 Å². The summed E-state index contributed by atoms with van der Waals surface area (Å²) < 4.78 is 83.0. The fraction of sp³-hybridized carbons (Fsp3) is 0.350. The van der Waals surface area contributed by atoms with E-state index in [0.717, 1.165) is 12.1 Å². The molecule has 2 aromatic carbocycles. The lowest BCUT2D eigenvalue weighted by atomic mass is 9.82. The zero-order valence-corrected chi connectivity index (χ0v) is 16.4. The molecule has 0 aromatic heterocycles. The molecule has 1 aliphatic heterocycles. The van der Waals surface area contributed by atoms with Crippen molar-refractivity contribution < 1.29 is 41.0 Å². The molecule has 0 unspecified atom stereocenters. The van der Waals surface area contributed by atoms with Gasteiger partial charge in [-0.15, -0.1) is 0 Å². The van der Waals surface area contributed by atoms with Crippen LogP contribution >= 0.6 is 11.6 Å². The number of carboxylic acid groups (broad SMARTS) is 1. The number of ether oxygens (including phenoxy) is 1. The lowest BCUT2D eigenvalue weighted by molar-refractivity contribution is -0.170. The Labute approximate surface area is 177 Å². The van der Waals surface area contributed by atoms with E-state index in [1.807, 2.05) is 0 Å². The van der Waals surface area contributed by atoms with Crippen LogP contribution in [-0.4, -0.2) is 23.8 Å². The predicted octanol–water partition coefficient (Wildman–Crippen LogP) is 5.99. The summed E-state index contributed by atoms with van der Waals surface area (Å²) in [6.45, 7) is -0.407. The zero-order valence-electron chi connectivity index (χ0n) is 15.6. The fourth-order valence-electron chi connectivity index (χ4n) is 3.56. The molecular formula is C20H16ClF6NO3. The third kappa shape index (κ3) is 5.24. The smallest absolute Gasteiger partial charge is 0.416 e. The minimum absolute atomic E-state index is 0.0428. The second-order valence-corrected chi connectivity index (χ2v) is 7.65. The molecule has 0 aliphatic carbocycles. The maximum Gasteiger partial charge on any atom is 0.416 e. The Morgan fingerprint density at radius 1 is 1.13 bits per heavy atom. The second kappa shape index (κ2) is 8.23. The van der Waals surface area contributed by atoms with Gasteiger partial charge in [-0.05, 0) is 42.3 Å². The van der Waals surface area contributed by atoms with Crippen molar-refractivity contribution in [2.45, 2.75) is 30.7 Å². The van der Waals surface area contributed by atoms with Gasteiger partial charge in [0.05, 0.1) is 28.5 Å². The van der Waals surface area contributed by atoms with Crippen molar-refractivity contribution in [3.63, 3.8) is 0 Å². The quantitative estimate of drug-likeness (QED) is 0.530. The first-order chi connectivity index (χ1) is 14.3. The normalized spacial score (nSPS) is 21.8. The zero-order chi connectivity index (χ0) is 23.0. The predicted molar refractivity (Wildman–Crippen MR) is 99.1 cm³/mol. The van der Waals surface area contributed by atoms with Crippen molar-refractivity contribution in [1.82, 2.24) is 5.32 Å². The topological polar surface area (TPSA) is 58.6 Å². The van der Waals surface area contributed by atoms with E-state index in [0.29, 0.717) is 11.6 Å². The number of nitrogens with one attached hydrogen (secondary N) is 1. The standard InChI is InChI=1S/C20H16ClF6NO3/c21-15-7-12(19(22,23)24)3-6-16(15)31-14-4-1-11(2-5-14)18(9-17(29)30)8-13(10-28-18)20(25,26)27/h1-7,13,28H,8-10H2,(H,29,30)/t13-,18-/m0/s1. The number of hydrogen-bond acceptors (Lipinski definition) is 3. The molecule has 3 rings (SSSR count). The van der Waals surface area contributed by atoms with E-state index in [-0.39, 0.29) is 16.5 Å². The van der Waals surface area contributed by atoms with Crippen molar-refractivity contribution in [2.24, 2.45) is 5.92 Å². The molecule has 0 amide bonds. The van der Waals surface area contributed by atoms with Gasteiger partial charge in [-0.3, -0.25) is 4.79 Å². The highest BCUT2D eigenvalue weighted by atomic mass is 35.5. The van der Waals surface area contributed by atoms with Crippen molar-refractivity contribution in [3.8, 4) is 11.5 Å². The van der Waals surface area contributed by atoms with E-state index in [2.05, 4.69) is 5.32 Å². The SMILES string of the molecule is O=C(O)C[C@]1(c2ccc(Oc3ccc(C(F)(F)F)cc3Cl)cc2)C[C@H](C(F)(F)F)CN1. The number of benzene rings is 2. The van der Waals surface area contributed by atoms with Gasteiger partial charge in [0.15, 0.2) is 0 Å². The van der Waals surface area contributed by atoms with E-state index < -0.39 is 54.7 Å². The first-order valence-corrected chi connectivity index (χ1v) is 9.37. The van der Waals surface area contributed by atoms with Crippen LogP contribution in [0.1, 0.15) is 24.0 Å². The van der Waals surface area contributed by atoms with Gasteiger partial charge in [-0.25, -0.2) is 0 Å². The summed E-state index contributed by atoms with van der Waals surface area (Å²) in [5.74, 6) is -2.82. The summed E-state index contributed by atoms with van der Waals surface area (Å²) in [4.78, 5) is 11.3. The first kappa shape index (κ1) is 23.2. The Bertz CT molecular complexity index is 961. The number of carbonyl (C=O) groups is 1. The molecule has 168 valence electrons. The Kier molecular flexibility index (Phi) is 6.16. The molecule has 31 heavy (non-hydrogen) atoms. The second-order valence-electron chi connectivity index (χ2n) is 7.25. The van der Waals surface area contributed by atoms with Crippen LogP contribution in [0.15, 0.2) is 42.5 Å². The summed E-state index contributed by atoms with van der Waals surface area (Å²) in [6.07, 6.45) is -10.0. The molecule has 0 spiro atoms. The van der Waals surface area contributed by atoms with Crippen LogP contribution in [0.3, 0.4) is 0 Å². The molecular weight excluding hydrogens is 452 g/mol. The van der Waals surface area contributed by atoms with Gasteiger partial charge in [-0.2, -0.15) is 26.3 Å². The molecule has 1 saturated heterocycles. The van der Waals surface area contributed by atoms with Gasteiger partial charge in [0.1, 0.15) is 11.5 Å². The Hall–Kier alpha value is -2.46. The third-order valence-corrected chi connectivity index (χ3v) is 5.39. The first-order valence-electron chi connectivity index (χ1n) is 8.99. The summed E-state index contributed by atoms with van der Waals surface area (Å²) in [5, 5.41) is 11.6. The fourth-order valence-corrected chi connectivity index (χ4v) is 3.78. The lowest BCUT2D eigenvalue weighted by Crippen LogP contribution is -2.38. The van der Waals surface area contributed by atoms with Crippen LogP contribution in [-0.2, 0) is 16.5 Å². The van der Waals surface area contributed by atoms with Gasteiger partial charge in [-0.1, -0.05) is 23.7 Å². The average molecular weight is 468 g/mol. The van der Waals surface area contributed by atoms with Crippen molar-refractivity contribution >= 4 is 17.6 Å². The van der Waals surface area contributed by atoms with Gasteiger partial charge < -0.3 is 15.2 Å². The highest BCUT2D eigenvalue weighted by Crippen LogP contribution is 2.44. The number of aliphatic carboxylic acids is 1. The van der Waals surface area contributed by atoms with Crippen LogP contribution in [0.5, 0.6) is 11.5 Å². The molecule has 0 bridgehead atoms. The highest BCUT2D eigenvalue weighted by Gasteiger charge is 2.51. The van der Waals surface area contributed by atoms with Crippen LogP contribution in [0.2, 0.25) is 5.02 Å². The van der Waals surface area contributed by atoms with Crippen molar-refractivity contribution in [2.75, 3.05) is 6.54 Å². The van der Waals surface area contributed by atoms with Gasteiger partial charge >= 0.3 is 18.3 Å². The molecule has 2 atom stereocenters. The molecule has 1 fully saturated rings. The van der Waals surface area contributed by atoms with Crippen molar-refractivity contribution in [3.05, 3.63) is 58.6 Å². The number of hydrogen-bond donors (Lipinski definition) is 2. The number of halogens is 7. The minimum Gasteiger partial charge on any atom is -0.481 e. The number of carboxylic acids is 1. The van der Waals surface area contributed by atoms with Crippen LogP contribution in [0.25, 0.3) is 0 Å².